The fourth-order valence-corrected chi connectivity index (χ4v) is 5.51. The lowest BCUT2D eigenvalue weighted by atomic mass is 10.1. The van der Waals surface area contributed by atoms with Gasteiger partial charge >= 0.3 is 5.97 Å². The first-order valence-electron chi connectivity index (χ1n) is 10.6. The average molecular weight is 449 g/mol. The van der Waals surface area contributed by atoms with Crippen LogP contribution in [0.25, 0.3) is 21.6 Å². The summed E-state index contributed by atoms with van der Waals surface area (Å²) in [4.78, 5) is 28.1. The van der Waals surface area contributed by atoms with Crippen LogP contribution in [0.1, 0.15) is 33.8 Å². The van der Waals surface area contributed by atoms with Crippen molar-refractivity contribution in [3.63, 3.8) is 0 Å². The number of esters is 1. The van der Waals surface area contributed by atoms with E-state index in [0.717, 1.165) is 51.4 Å². The Morgan fingerprint density at radius 3 is 2.94 bits per heavy atom. The lowest BCUT2D eigenvalue weighted by Crippen LogP contribution is -2.14. The molecule has 8 nitrogen and oxygen atoms in total. The molecular weight excluding hydrogens is 424 g/mol. The Kier molecular flexibility index (Phi) is 5.34. The summed E-state index contributed by atoms with van der Waals surface area (Å²) in [6, 6.07) is 3.87. The van der Waals surface area contributed by atoms with Gasteiger partial charge in [0.15, 0.2) is 5.82 Å². The molecular formula is C23H24N6O2S. The third kappa shape index (κ3) is 3.62. The van der Waals surface area contributed by atoms with E-state index < -0.39 is 0 Å². The first kappa shape index (κ1) is 20.6. The second-order valence-corrected chi connectivity index (χ2v) is 9.00. The van der Waals surface area contributed by atoms with Gasteiger partial charge in [0, 0.05) is 40.6 Å². The Hall–Kier alpha value is -3.33. The maximum Gasteiger partial charge on any atom is 0.327 e. The summed E-state index contributed by atoms with van der Waals surface area (Å²) < 4.78 is 6.48. The van der Waals surface area contributed by atoms with Crippen LogP contribution < -0.4 is 5.32 Å². The van der Waals surface area contributed by atoms with Crippen molar-refractivity contribution in [2.75, 3.05) is 12.4 Å². The van der Waals surface area contributed by atoms with Gasteiger partial charge in [0.1, 0.15) is 17.2 Å². The highest BCUT2D eigenvalue weighted by Gasteiger charge is 2.23. The molecule has 1 aliphatic carbocycles. The van der Waals surface area contributed by atoms with E-state index in [1.807, 2.05) is 26.0 Å². The van der Waals surface area contributed by atoms with E-state index in [-0.39, 0.29) is 12.5 Å². The molecule has 9 heteroatoms. The minimum absolute atomic E-state index is 0.101. The average Bonchev–Trinajstić information content (AvgIpc) is 3.46. The van der Waals surface area contributed by atoms with Crippen molar-refractivity contribution in [3.05, 3.63) is 51.9 Å². The lowest BCUT2D eigenvalue weighted by molar-refractivity contribution is -0.141. The number of aryl methyl sites for hydroxylation is 3. The summed E-state index contributed by atoms with van der Waals surface area (Å²) in [5.74, 6) is 1.19. The molecule has 0 unspecified atom stereocenters. The number of hydrogen-bond donors (Lipinski definition) is 1. The number of aromatic nitrogens is 5. The van der Waals surface area contributed by atoms with Crippen LogP contribution in [-0.4, -0.2) is 37.8 Å². The number of nitrogens with zero attached hydrogens (tertiary/aromatic N) is 5. The van der Waals surface area contributed by atoms with Crippen molar-refractivity contribution in [3.8, 4) is 11.4 Å². The van der Waals surface area contributed by atoms with Crippen molar-refractivity contribution >= 4 is 33.3 Å². The quantitative estimate of drug-likeness (QED) is 0.448. The van der Waals surface area contributed by atoms with E-state index in [1.54, 1.807) is 28.4 Å². The molecule has 32 heavy (non-hydrogen) atoms. The molecule has 4 heterocycles. The van der Waals surface area contributed by atoms with Gasteiger partial charge in [-0.3, -0.25) is 14.5 Å². The van der Waals surface area contributed by atoms with Crippen LogP contribution in [0.3, 0.4) is 0 Å². The van der Waals surface area contributed by atoms with E-state index in [0.29, 0.717) is 12.4 Å². The van der Waals surface area contributed by atoms with Crippen LogP contribution in [0.4, 0.5) is 5.82 Å². The summed E-state index contributed by atoms with van der Waals surface area (Å²) >= 11 is 1.77. The number of anilines is 1. The number of thiophene rings is 1. The number of nitrogens with one attached hydrogen (secondary N) is 1. The smallest absolute Gasteiger partial charge is 0.327 e. The van der Waals surface area contributed by atoms with Crippen molar-refractivity contribution in [2.24, 2.45) is 0 Å². The summed E-state index contributed by atoms with van der Waals surface area (Å²) in [6.07, 6.45) is 6.89. The molecule has 4 aromatic rings. The number of ether oxygens (including phenoxy) is 1. The van der Waals surface area contributed by atoms with Crippen LogP contribution in [0.2, 0.25) is 0 Å². The Balaban J connectivity index is 1.52. The molecule has 0 aliphatic heterocycles. The number of carbonyl (C=O) groups excluding carboxylic acids is 1. The molecule has 1 N–H and O–H groups in total. The van der Waals surface area contributed by atoms with Crippen LogP contribution in [0, 0.1) is 13.8 Å². The van der Waals surface area contributed by atoms with E-state index >= 15 is 0 Å². The summed E-state index contributed by atoms with van der Waals surface area (Å²) in [6.45, 7) is 4.59. The molecule has 5 rings (SSSR count). The molecule has 4 aromatic heterocycles. The van der Waals surface area contributed by atoms with Gasteiger partial charge in [-0.15, -0.1) is 11.3 Å². The maximum absolute atomic E-state index is 11.7. The SMILES string of the molecule is COC(=O)Cn1nc(C)c(CNc2nc(-c3cccnc3)nc3sc4c(c23)CCC4)c1C. The Bertz CT molecular complexity index is 1310. The normalized spacial score (nSPS) is 12.8. The largest absolute Gasteiger partial charge is 0.468 e. The van der Waals surface area contributed by atoms with Gasteiger partial charge in [-0.2, -0.15) is 5.10 Å². The number of methoxy groups -OCH3 is 1. The third-order valence-corrected chi connectivity index (χ3v) is 7.14. The summed E-state index contributed by atoms with van der Waals surface area (Å²) in [7, 11) is 1.38. The molecule has 1 aliphatic rings. The summed E-state index contributed by atoms with van der Waals surface area (Å²) in [5, 5.41) is 9.21. The van der Waals surface area contributed by atoms with Crippen LogP contribution in [0.15, 0.2) is 24.5 Å². The molecule has 0 amide bonds. The van der Waals surface area contributed by atoms with E-state index in [4.69, 9.17) is 14.7 Å². The van der Waals surface area contributed by atoms with E-state index in [9.17, 15) is 4.79 Å². The fourth-order valence-electron chi connectivity index (χ4n) is 4.25. The molecule has 0 atom stereocenters. The zero-order valence-electron chi connectivity index (χ0n) is 18.3. The number of hydrogen-bond acceptors (Lipinski definition) is 8. The van der Waals surface area contributed by atoms with Crippen molar-refractivity contribution in [2.45, 2.75) is 46.2 Å². The van der Waals surface area contributed by atoms with Crippen LogP contribution >= 0.6 is 11.3 Å². The number of carbonyl (C=O) groups is 1. The predicted octanol–water partition coefficient (Wildman–Crippen LogP) is 3.84. The molecule has 0 spiro atoms. The van der Waals surface area contributed by atoms with Crippen LogP contribution in [-0.2, 0) is 35.5 Å². The highest BCUT2D eigenvalue weighted by atomic mass is 32.1. The minimum atomic E-state index is -0.317. The monoisotopic (exact) mass is 448 g/mol. The lowest BCUT2D eigenvalue weighted by Gasteiger charge is -2.11. The molecule has 0 saturated carbocycles. The molecule has 0 fully saturated rings. The Morgan fingerprint density at radius 1 is 1.28 bits per heavy atom. The number of pyridine rings is 1. The fraction of sp³-hybridized carbons (Fsp3) is 0.348. The predicted molar refractivity (Wildman–Crippen MR) is 124 cm³/mol. The zero-order valence-corrected chi connectivity index (χ0v) is 19.1. The number of rotatable bonds is 6. The third-order valence-electron chi connectivity index (χ3n) is 5.95. The first-order chi connectivity index (χ1) is 15.5. The Morgan fingerprint density at radius 2 is 2.16 bits per heavy atom. The van der Waals surface area contributed by atoms with Crippen molar-refractivity contribution in [1.29, 1.82) is 0 Å². The standard InChI is InChI=1S/C23H24N6O2S/c1-13-17(14(2)29(28-13)12-19(30)31-3)11-25-22-20-16-7-4-8-18(16)32-23(20)27-21(26-22)15-6-5-9-24-10-15/h5-6,9-10H,4,7-8,11-12H2,1-3H3,(H,25,26,27). The van der Waals surface area contributed by atoms with Crippen molar-refractivity contribution in [1.82, 2.24) is 24.7 Å². The Labute approximate surface area is 189 Å². The topological polar surface area (TPSA) is 94.8 Å². The molecule has 0 saturated heterocycles. The van der Waals surface area contributed by atoms with Gasteiger partial charge in [0.25, 0.3) is 0 Å². The second-order valence-electron chi connectivity index (χ2n) is 7.91. The van der Waals surface area contributed by atoms with Gasteiger partial charge in [0.2, 0.25) is 0 Å². The molecule has 0 radical (unpaired) electrons. The highest BCUT2D eigenvalue weighted by molar-refractivity contribution is 7.19. The van der Waals surface area contributed by atoms with Gasteiger partial charge in [-0.1, -0.05) is 0 Å². The maximum atomic E-state index is 11.7. The summed E-state index contributed by atoms with van der Waals surface area (Å²) in [5.41, 5.74) is 5.14. The minimum Gasteiger partial charge on any atom is -0.468 e. The molecule has 0 aromatic carbocycles. The highest BCUT2D eigenvalue weighted by Crippen LogP contribution is 2.40. The van der Waals surface area contributed by atoms with Gasteiger partial charge in [-0.25, -0.2) is 9.97 Å². The van der Waals surface area contributed by atoms with Gasteiger partial charge < -0.3 is 10.1 Å². The van der Waals surface area contributed by atoms with Gasteiger partial charge in [0.05, 0.1) is 18.2 Å². The van der Waals surface area contributed by atoms with Crippen LogP contribution in [0.5, 0.6) is 0 Å². The molecule has 164 valence electrons. The number of fused-ring (bicyclic) bond motifs is 3. The first-order valence-corrected chi connectivity index (χ1v) is 11.4. The second kappa shape index (κ2) is 8.31. The van der Waals surface area contributed by atoms with E-state index in [1.165, 1.54) is 24.0 Å². The molecule has 0 bridgehead atoms. The van der Waals surface area contributed by atoms with Gasteiger partial charge in [-0.05, 0) is 50.8 Å². The van der Waals surface area contributed by atoms with E-state index in [2.05, 4.69) is 15.4 Å². The van der Waals surface area contributed by atoms with Crippen molar-refractivity contribution < 1.29 is 9.53 Å². The zero-order chi connectivity index (χ0) is 22.2.